The highest BCUT2D eigenvalue weighted by molar-refractivity contribution is 5.87. The van der Waals surface area contributed by atoms with Gasteiger partial charge in [0, 0.05) is 33.4 Å². The number of nitrogens with one attached hydrogen (secondary N) is 2. The lowest BCUT2D eigenvalue weighted by molar-refractivity contribution is -0.122. The number of guanidine groups is 1. The van der Waals surface area contributed by atoms with E-state index in [1.165, 1.54) is 0 Å². The molecule has 16 heavy (non-hydrogen) atoms. The number of rotatable bonds is 4. The van der Waals surface area contributed by atoms with Gasteiger partial charge in [0.15, 0.2) is 0 Å². The second-order valence-electron chi connectivity index (χ2n) is 3.47. The lowest BCUT2D eigenvalue weighted by Crippen LogP contribution is -2.55. The van der Waals surface area contributed by atoms with Crippen LogP contribution in [0.1, 0.15) is 6.42 Å². The third-order valence-electron chi connectivity index (χ3n) is 2.24. The number of piperazine rings is 1. The van der Waals surface area contributed by atoms with Crippen molar-refractivity contribution in [1.29, 1.82) is 0 Å². The molecule has 0 bridgehead atoms. The fourth-order valence-electron chi connectivity index (χ4n) is 1.45. The monoisotopic (exact) mass is 229 g/mol. The molecule has 1 heterocycles. The molecule has 7 nitrogen and oxygen atoms in total. The van der Waals surface area contributed by atoms with Crippen LogP contribution in [0.15, 0.2) is 4.99 Å². The van der Waals surface area contributed by atoms with Gasteiger partial charge in [-0.25, -0.2) is 5.84 Å². The molecule has 0 radical (unpaired) electrons. The minimum absolute atomic E-state index is 0.00825. The Morgan fingerprint density at radius 3 is 3.19 bits per heavy atom. The van der Waals surface area contributed by atoms with E-state index in [0.717, 1.165) is 13.0 Å². The first-order valence-electron chi connectivity index (χ1n) is 5.29. The van der Waals surface area contributed by atoms with Gasteiger partial charge in [-0.3, -0.25) is 15.2 Å². The van der Waals surface area contributed by atoms with Crippen LogP contribution in [0.5, 0.6) is 0 Å². The van der Waals surface area contributed by atoms with Crippen molar-refractivity contribution in [3.05, 3.63) is 0 Å². The van der Waals surface area contributed by atoms with Gasteiger partial charge in [-0.1, -0.05) is 0 Å². The fourth-order valence-corrected chi connectivity index (χ4v) is 1.45. The van der Waals surface area contributed by atoms with Crippen molar-refractivity contribution in [3.63, 3.8) is 0 Å². The van der Waals surface area contributed by atoms with Crippen LogP contribution in [0.3, 0.4) is 0 Å². The average molecular weight is 229 g/mol. The molecular formula is C9H19N5O2. The number of hydrogen-bond acceptors (Lipinski definition) is 4. The van der Waals surface area contributed by atoms with E-state index in [9.17, 15) is 4.79 Å². The Balaban J connectivity index is 2.42. The molecule has 0 spiro atoms. The third kappa shape index (κ3) is 4.03. The van der Waals surface area contributed by atoms with Crippen molar-refractivity contribution in [1.82, 2.24) is 15.6 Å². The van der Waals surface area contributed by atoms with E-state index in [1.54, 1.807) is 7.11 Å². The summed E-state index contributed by atoms with van der Waals surface area (Å²) in [6.07, 6.45) is 0.835. The molecule has 1 rings (SSSR count). The first kappa shape index (κ1) is 12.7. The number of carbonyl (C=O) groups excluding carboxylic acids is 1. The number of ether oxygens (including phenoxy) is 1. The maximum absolute atomic E-state index is 11.2. The molecule has 1 fully saturated rings. The van der Waals surface area contributed by atoms with Crippen LogP contribution >= 0.6 is 0 Å². The number of nitrogens with two attached hydrogens (primary N) is 1. The molecule has 0 aliphatic carbocycles. The van der Waals surface area contributed by atoms with Crippen molar-refractivity contribution in [2.24, 2.45) is 10.8 Å². The SMILES string of the molecule is COCCCN=C(NN)N1CCNC(=O)C1. The quantitative estimate of drug-likeness (QED) is 0.175. The van der Waals surface area contributed by atoms with E-state index in [2.05, 4.69) is 15.7 Å². The van der Waals surface area contributed by atoms with Crippen molar-refractivity contribution in [2.45, 2.75) is 6.42 Å². The molecular weight excluding hydrogens is 210 g/mol. The molecule has 0 aromatic heterocycles. The highest BCUT2D eigenvalue weighted by atomic mass is 16.5. The van der Waals surface area contributed by atoms with Gasteiger partial charge in [-0.05, 0) is 6.42 Å². The molecule has 1 amide bonds. The maximum Gasteiger partial charge on any atom is 0.239 e. The predicted octanol–water partition coefficient (Wildman–Crippen LogP) is -1.73. The van der Waals surface area contributed by atoms with Gasteiger partial charge < -0.3 is 15.0 Å². The van der Waals surface area contributed by atoms with Crippen LogP contribution in [0.25, 0.3) is 0 Å². The van der Waals surface area contributed by atoms with Crippen LogP contribution < -0.4 is 16.6 Å². The van der Waals surface area contributed by atoms with Crippen LogP contribution in [-0.2, 0) is 9.53 Å². The number of hydrazine groups is 1. The van der Waals surface area contributed by atoms with Crippen molar-refractivity contribution in [3.8, 4) is 0 Å². The van der Waals surface area contributed by atoms with Gasteiger partial charge in [0.05, 0.1) is 6.54 Å². The number of aliphatic imine (C=N–C) groups is 1. The van der Waals surface area contributed by atoms with Crippen molar-refractivity contribution >= 4 is 11.9 Å². The van der Waals surface area contributed by atoms with E-state index in [4.69, 9.17) is 10.6 Å². The van der Waals surface area contributed by atoms with E-state index in [0.29, 0.717) is 32.2 Å². The molecule has 1 saturated heterocycles. The van der Waals surface area contributed by atoms with Gasteiger partial charge in [0.25, 0.3) is 0 Å². The Kier molecular flexibility index (Phi) is 5.58. The summed E-state index contributed by atoms with van der Waals surface area (Å²) >= 11 is 0. The zero-order valence-electron chi connectivity index (χ0n) is 9.53. The fraction of sp³-hybridized carbons (Fsp3) is 0.778. The first-order valence-corrected chi connectivity index (χ1v) is 5.29. The lowest BCUT2D eigenvalue weighted by Gasteiger charge is -2.28. The van der Waals surface area contributed by atoms with Gasteiger partial charge in [-0.15, -0.1) is 0 Å². The summed E-state index contributed by atoms with van der Waals surface area (Å²) in [5, 5.41) is 2.74. The number of hydrogen-bond donors (Lipinski definition) is 3. The molecule has 0 unspecified atom stereocenters. The van der Waals surface area contributed by atoms with Crippen molar-refractivity contribution in [2.75, 3.05) is 39.9 Å². The zero-order chi connectivity index (χ0) is 11.8. The Morgan fingerprint density at radius 2 is 2.56 bits per heavy atom. The minimum Gasteiger partial charge on any atom is -0.385 e. The van der Waals surface area contributed by atoms with E-state index in [-0.39, 0.29) is 5.91 Å². The summed E-state index contributed by atoms with van der Waals surface area (Å²) in [4.78, 5) is 17.3. The maximum atomic E-state index is 11.2. The largest absolute Gasteiger partial charge is 0.385 e. The predicted molar refractivity (Wildman–Crippen MR) is 60.7 cm³/mol. The third-order valence-corrected chi connectivity index (χ3v) is 2.24. The molecule has 1 aliphatic rings. The zero-order valence-corrected chi connectivity index (χ0v) is 9.53. The Hall–Kier alpha value is -1.34. The van der Waals surface area contributed by atoms with Crippen LogP contribution in [0, 0.1) is 0 Å². The minimum atomic E-state index is -0.00825. The summed E-state index contributed by atoms with van der Waals surface area (Å²) in [5.41, 5.74) is 2.52. The highest BCUT2D eigenvalue weighted by Crippen LogP contribution is 1.95. The number of nitrogens with zero attached hydrogens (tertiary/aromatic N) is 2. The summed E-state index contributed by atoms with van der Waals surface area (Å²) in [6, 6.07) is 0. The normalized spacial score (nSPS) is 17.2. The summed E-state index contributed by atoms with van der Waals surface area (Å²) < 4.78 is 4.92. The van der Waals surface area contributed by atoms with Gasteiger partial charge in [0.2, 0.25) is 11.9 Å². The number of methoxy groups -OCH3 is 1. The first-order chi connectivity index (χ1) is 7.77. The van der Waals surface area contributed by atoms with E-state index >= 15 is 0 Å². The van der Waals surface area contributed by atoms with Crippen molar-refractivity contribution < 1.29 is 9.53 Å². The highest BCUT2D eigenvalue weighted by Gasteiger charge is 2.18. The molecule has 92 valence electrons. The van der Waals surface area contributed by atoms with E-state index in [1.807, 2.05) is 4.90 Å². The second kappa shape index (κ2) is 7.02. The van der Waals surface area contributed by atoms with Crippen LogP contribution in [-0.4, -0.2) is 56.7 Å². The smallest absolute Gasteiger partial charge is 0.239 e. The number of carbonyl (C=O) groups is 1. The Bertz CT molecular complexity index is 256. The summed E-state index contributed by atoms with van der Waals surface area (Å²) in [7, 11) is 1.65. The molecule has 7 heteroatoms. The van der Waals surface area contributed by atoms with Gasteiger partial charge in [-0.2, -0.15) is 0 Å². The second-order valence-corrected chi connectivity index (χ2v) is 3.47. The molecule has 0 aromatic rings. The Labute approximate surface area is 95.0 Å². The topological polar surface area (TPSA) is 92.0 Å². The summed E-state index contributed by atoms with van der Waals surface area (Å²) in [6.45, 7) is 2.94. The van der Waals surface area contributed by atoms with Gasteiger partial charge in [0.1, 0.15) is 0 Å². The van der Waals surface area contributed by atoms with E-state index < -0.39 is 0 Å². The summed E-state index contributed by atoms with van der Waals surface area (Å²) in [5.74, 6) is 5.93. The molecule has 0 atom stereocenters. The van der Waals surface area contributed by atoms with Crippen LogP contribution in [0.4, 0.5) is 0 Å². The van der Waals surface area contributed by atoms with Crippen LogP contribution in [0.2, 0.25) is 0 Å². The lowest BCUT2D eigenvalue weighted by atomic mass is 10.4. The molecule has 0 saturated carbocycles. The average Bonchev–Trinajstić information content (AvgIpc) is 2.29. The standard InChI is InChI=1S/C9H19N5O2/c1-16-6-2-3-12-9(13-10)14-5-4-11-8(15)7-14/h2-7,10H2,1H3,(H,11,15)(H,12,13). The molecule has 4 N–H and O–H groups in total. The Morgan fingerprint density at radius 1 is 1.75 bits per heavy atom. The number of amides is 1. The molecule has 0 aromatic carbocycles. The molecule has 1 aliphatic heterocycles. The van der Waals surface area contributed by atoms with Gasteiger partial charge >= 0.3 is 0 Å².